The molecule has 0 saturated carbocycles. The Morgan fingerprint density at radius 3 is 2.17 bits per heavy atom. The zero-order chi connectivity index (χ0) is 13.8. The number of rotatable bonds is 5. The van der Waals surface area contributed by atoms with Crippen LogP contribution in [0.1, 0.15) is 32.8 Å². The van der Waals surface area contributed by atoms with Crippen molar-refractivity contribution in [1.29, 1.82) is 0 Å². The number of sulfonamides is 1. The van der Waals surface area contributed by atoms with Crippen molar-refractivity contribution in [3.63, 3.8) is 0 Å². The van der Waals surface area contributed by atoms with E-state index in [-0.39, 0.29) is 5.75 Å². The van der Waals surface area contributed by atoms with E-state index in [4.69, 9.17) is 5.14 Å². The molecule has 3 N–H and O–H groups in total. The van der Waals surface area contributed by atoms with Crippen molar-refractivity contribution in [3.05, 3.63) is 29.8 Å². The van der Waals surface area contributed by atoms with Crippen LogP contribution in [0.2, 0.25) is 0 Å². The number of nitrogens with one attached hydrogen (secondary N) is 1. The maximum Gasteiger partial charge on any atom is 0.213 e. The second-order valence-electron chi connectivity index (χ2n) is 5.74. The Morgan fingerprint density at radius 1 is 1.17 bits per heavy atom. The topological polar surface area (TPSA) is 72.2 Å². The van der Waals surface area contributed by atoms with Gasteiger partial charge in [0.15, 0.2) is 0 Å². The van der Waals surface area contributed by atoms with Gasteiger partial charge in [-0.3, -0.25) is 0 Å². The lowest BCUT2D eigenvalue weighted by Gasteiger charge is -2.18. The summed E-state index contributed by atoms with van der Waals surface area (Å²) < 4.78 is 21.9. The molecule has 0 aliphatic rings. The first-order chi connectivity index (χ1) is 8.16. The molecule has 0 spiro atoms. The molecule has 0 radical (unpaired) electrons. The van der Waals surface area contributed by atoms with Crippen LogP contribution >= 0.6 is 0 Å². The number of benzene rings is 1. The molecule has 5 heteroatoms. The fraction of sp³-hybridized carbons (Fsp3) is 0.538. The fourth-order valence-corrected chi connectivity index (χ4v) is 2.19. The minimum absolute atomic E-state index is 0.116. The van der Waals surface area contributed by atoms with Crippen LogP contribution in [0.15, 0.2) is 24.3 Å². The SMILES string of the molecule is CC(C)(C)CCNc1ccc(CS(N)(=O)=O)cc1. The summed E-state index contributed by atoms with van der Waals surface area (Å²) in [5.41, 5.74) is 2.01. The molecule has 0 bridgehead atoms. The highest BCUT2D eigenvalue weighted by atomic mass is 32.2. The summed E-state index contributed by atoms with van der Waals surface area (Å²) in [6.07, 6.45) is 1.08. The van der Waals surface area contributed by atoms with Gasteiger partial charge >= 0.3 is 0 Å². The highest BCUT2D eigenvalue weighted by Crippen LogP contribution is 2.19. The zero-order valence-corrected chi connectivity index (χ0v) is 12.0. The second kappa shape index (κ2) is 5.71. The van der Waals surface area contributed by atoms with Gasteiger partial charge in [-0.05, 0) is 29.5 Å². The first-order valence-corrected chi connectivity index (χ1v) is 7.71. The highest BCUT2D eigenvalue weighted by molar-refractivity contribution is 7.88. The Bertz CT molecular complexity index is 473. The average molecular weight is 270 g/mol. The Morgan fingerprint density at radius 2 is 1.72 bits per heavy atom. The Kier molecular flexibility index (Phi) is 4.76. The van der Waals surface area contributed by atoms with E-state index < -0.39 is 10.0 Å². The van der Waals surface area contributed by atoms with Crippen molar-refractivity contribution in [2.75, 3.05) is 11.9 Å². The Hall–Kier alpha value is -1.07. The monoisotopic (exact) mass is 270 g/mol. The normalized spacial score (nSPS) is 12.4. The average Bonchev–Trinajstić information content (AvgIpc) is 2.16. The molecule has 18 heavy (non-hydrogen) atoms. The number of hydrogen-bond acceptors (Lipinski definition) is 3. The maximum absolute atomic E-state index is 10.9. The summed E-state index contributed by atoms with van der Waals surface area (Å²) in [5, 5.41) is 8.30. The van der Waals surface area contributed by atoms with Gasteiger partial charge < -0.3 is 5.32 Å². The van der Waals surface area contributed by atoms with Crippen molar-refractivity contribution >= 4 is 15.7 Å². The van der Waals surface area contributed by atoms with Crippen LogP contribution in [0.25, 0.3) is 0 Å². The summed E-state index contributed by atoms with van der Waals surface area (Å²) in [5.74, 6) is -0.116. The van der Waals surface area contributed by atoms with E-state index in [2.05, 4.69) is 26.1 Å². The van der Waals surface area contributed by atoms with Crippen molar-refractivity contribution in [1.82, 2.24) is 0 Å². The minimum atomic E-state index is -3.45. The molecule has 0 amide bonds. The molecule has 0 aliphatic carbocycles. The number of primary sulfonamides is 1. The molecule has 102 valence electrons. The zero-order valence-electron chi connectivity index (χ0n) is 11.2. The van der Waals surface area contributed by atoms with E-state index in [1.54, 1.807) is 12.1 Å². The van der Waals surface area contributed by atoms with Gasteiger partial charge in [-0.1, -0.05) is 32.9 Å². The third kappa shape index (κ3) is 6.61. The van der Waals surface area contributed by atoms with Crippen molar-refractivity contribution in [2.24, 2.45) is 10.6 Å². The van der Waals surface area contributed by atoms with Gasteiger partial charge in [-0.25, -0.2) is 13.6 Å². The summed E-state index contributed by atoms with van der Waals surface area (Å²) in [6.45, 7) is 7.50. The fourth-order valence-electron chi connectivity index (χ4n) is 1.53. The molecule has 0 unspecified atom stereocenters. The Balaban J connectivity index is 2.51. The molecule has 0 saturated heterocycles. The molecule has 0 aromatic heterocycles. The number of anilines is 1. The van der Waals surface area contributed by atoms with Crippen LogP contribution < -0.4 is 10.5 Å². The molecular weight excluding hydrogens is 248 g/mol. The van der Waals surface area contributed by atoms with Gasteiger partial charge in [-0.2, -0.15) is 0 Å². The van der Waals surface area contributed by atoms with E-state index in [9.17, 15) is 8.42 Å². The maximum atomic E-state index is 10.9. The van der Waals surface area contributed by atoms with Crippen LogP contribution in [-0.2, 0) is 15.8 Å². The summed E-state index contributed by atoms with van der Waals surface area (Å²) in [6, 6.07) is 7.32. The second-order valence-corrected chi connectivity index (χ2v) is 7.36. The van der Waals surface area contributed by atoms with Gasteiger partial charge in [-0.15, -0.1) is 0 Å². The lowest BCUT2D eigenvalue weighted by molar-refractivity contribution is 0.390. The number of nitrogens with two attached hydrogens (primary N) is 1. The molecule has 0 aliphatic heterocycles. The van der Waals surface area contributed by atoms with Crippen LogP contribution in [0, 0.1) is 5.41 Å². The predicted octanol–water partition coefficient (Wildman–Crippen LogP) is 2.32. The molecule has 0 fully saturated rings. The van der Waals surface area contributed by atoms with E-state index in [0.717, 1.165) is 18.7 Å². The number of hydrogen-bond donors (Lipinski definition) is 2. The van der Waals surface area contributed by atoms with Gasteiger partial charge in [0.05, 0.1) is 5.75 Å². The first kappa shape index (κ1) is 15.0. The molecule has 1 aromatic rings. The molecule has 4 nitrogen and oxygen atoms in total. The van der Waals surface area contributed by atoms with E-state index in [1.165, 1.54) is 0 Å². The van der Waals surface area contributed by atoms with Crippen LogP contribution in [0.3, 0.4) is 0 Å². The largest absolute Gasteiger partial charge is 0.385 e. The summed E-state index contributed by atoms with van der Waals surface area (Å²) >= 11 is 0. The molecule has 0 atom stereocenters. The molecule has 1 rings (SSSR count). The lowest BCUT2D eigenvalue weighted by Crippen LogP contribution is -2.14. The van der Waals surface area contributed by atoms with E-state index in [0.29, 0.717) is 11.0 Å². The summed E-state index contributed by atoms with van der Waals surface area (Å²) in [7, 11) is -3.45. The van der Waals surface area contributed by atoms with Crippen LogP contribution in [-0.4, -0.2) is 15.0 Å². The van der Waals surface area contributed by atoms with Gasteiger partial charge in [0.25, 0.3) is 0 Å². The first-order valence-electron chi connectivity index (χ1n) is 5.99. The minimum Gasteiger partial charge on any atom is -0.385 e. The quantitative estimate of drug-likeness (QED) is 0.862. The van der Waals surface area contributed by atoms with Crippen LogP contribution in [0.4, 0.5) is 5.69 Å². The highest BCUT2D eigenvalue weighted by Gasteiger charge is 2.09. The molecular formula is C13H22N2O2S. The van der Waals surface area contributed by atoms with E-state index >= 15 is 0 Å². The third-order valence-electron chi connectivity index (χ3n) is 2.53. The van der Waals surface area contributed by atoms with Gasteiger partial charge in [0.2, 0.25) is 10.0 Å². The summed E-state index contributed by atoms with van der Waals surface area (Å²) in [4.78, 5) is 0. The van der Waals surface area contributed by atoms with Crippen LogP contribution in [0.5, 0.6) is 0 Å². The van der Waals surface area contributed by atoms with E-state index in [1.807, 2.05) is 12.1 Å². The third-order valence-corrected chi connectivity index (χ3v) is 3.26. The standard InChI is InChI=1S/C13H22N2O2S/c1-13(2,3)8-9-15-12-6-4-11(5-7-12)10-18(14,16)17/h4-7,15H,8-10H2,1-3H3,(H2,14,16,17). The smallest absolute Gasteiger partial charge is 0.213 e. The Labute approximate surface area is 110 Å². The predicted molar refractivity (Wildman–Crippen MR) is 75.8 cm³/mol. The molecule has 1 aromatic carbocycles. The van der Waals surface area contributed by atoms with Gasteiger partial charge in [0, 0.05) is 12.2 Å². The lowest BCUT2D eigenvalue weighted by atomic mass is 9.92. The van der Waals surface area contributed by atoms with Gasteiger partial charge in [0.1, 0.15) is 0 Å². The molecule has 0 heterocycles. The van der Waals surface area contributed by atoms with Crippen molar-refractivity contribution in [2.45, 2.75) is 32.9 Å². The van der Waals surface area contributed by atoms with Crippen molar-refractivity contribution < 1.29 is 8.42 Å². The van der Waals surface area contributed by atoms with Crippen molar-refractivity contribution in [3.8, 4) is 0 Å².